The number of fused-ring (bicyclic) bond motifs is 1. The number of nitrogens with zero attached hydrogens (tertiary/aromatic N) is 2. The van der Waals surface area contributed by atoms with Gasteiger partial charge in [-0.05, 0) is 54.3 Å². The Bertz CT molecular complexity index is 953. The Morgan fingerprint density at radius 2 is 1.68 bits per heavy atom. The second-order valence-electron chi connectivity index (χ2n) is 7.36. The van der Waals surface area contributed by atoms with E-state index in [1.807, 2.05) is 50.2 Å². The lowest BCUT2D eigenvalue weighted by atomic mass is 9.98. The second kappa shape index (κ2) is 11.6. The first-order valence-corrected chi connectivity index (χ1v) is 10.8. The third-order valence-corrected chi connectivity index (χ3v) is 5.15. The van der Waals surface area contributed by atoms with Gasteiger partial charge >= 0.3 is 0 Å². The van der Waals surface area contributed by atoms with Gasteiger partial charge < -0.3 is 20.1 Å². The Hall–Kier alpha value is -2.80. The van der Waals surface area contributed by atoms with Gasteiger partial charge in [-0.15, -0.1) is 0 Å². The number of amides is 1. The zero-order valence-corrected chi connectivity index (χ0v) is 18.2. The van der Waals surface area contributed by atoms with Gasteiger partial charge in [0.1, 0.15) is 0 Å². The highest BCUT2D eigenvalue weighted by Gasteiger charge is 2.25. The fraction of sp³-hybridized carbons (Fsp3) is 0.360. The molecular formula is C25H31N3O3. The fourth-order valence-corrected chi connectivity index (χ4v) is 3.68. The van der Waals surface area contributed by atoms with E-state index in [0.717, 1.165) is 21.9 Å². The van der Waals surface area contributed by atoms with Crippen LogP contribution in [-0.2, 0) is 27.2 Å². The normalized spacial score (nSPS) is 12.3. The number of ether oxygens (including phenoxy) is 2. The Morgan fingerprint density at radius 1 is 1.00 bits per heavy atom. The highest BCUT2D eigenvalue weighted by molar-refractivity contribution is 5.87. The molecule has 3 aromatic rings. The highest BCUT2D eigenvalue weighted by atomic mass is 16.7. The lowest BCUT2D eigenvalue weighted by molar-refractivity contribution is -0.160. The number of pyridine rings is 1. The van der Waals surface area contributed by atoms with Crippen molar-refractivity contribution in [3.8, 4) is 0 Å². The smallest absolute Gasteiger partial charge is 0.240 e. The summed E-state index contributed by atoms with van der Waals surface area (Å²) in [7, 11) is 0. The van der Waals surface area contributed by atoms with E-state index in [0.29, 0.717) is 32.7 Å². The van der Waals surface area contributed by atoms with Gasteiger partial charge in [-0.1, -0.05) is 42.5 Å². The number of hydrogen-bond donors (Lipinski definition) is 1. The van der Waals surface area contributed by atoms with Crippen LogP contribution < -0.4 is 5.73 Å². The van der Waals surface area contributed by atoms with Crippen LogP contribution in [0.15, 0.2) is 67.0 Å². The summed E-state index contributed by atoms with van der Waals surface area (Å²) in [6, 6.07) is 17.4. The van der Waals surface area contributed by atoms with Gasteiger partial charge in [-0.25, -0.2) is 0 Å². The van der Waals surface area contributed by atoms with E-state index in [9.17, 15) is 4.79 Å². The topological polar surface area (TPSA) is 77.7 Å². The number of nitrogens with two attached hydrogens (primary N) is 1. The summed E-state index contributed by atoms with van der Waals surface area (Å²) in [6.07, 6.45) is 3.40. The van der Waals surface area contributed by atoms with Crippen LogP contribution in [0.3, 0.4) is 0 Å². The maximum absolute atomic E-state index is 13.4. The molecule has 0 saturated carbocycles. The molecule has 0 aliphatic rings. The van der Waals surface area contributed by atoms with Crippen molar-refractivity contribution < 1.29 is 14.3 Å². The Kier molecular flexibility index (Phi) is 8.53. The molecular weight excluding hydrogens is 390 g/mol. The number of carbonyl (C=O) groups excluding carboxylic acids is 1. The molecule has 0 bridgehead atoms. The van der Waals surface area contributed by atoms with Crippen LogP contribution in [0.5, 0.6) is 0 Å². The number of benzene rings is 2. The average Bonchev–Trinajstić information content (AvgIpc) is 2.79. The largest absolute Gasteiger partial charge is 0.351 e. The van der Waals surface area contributed by atoms with E-state index in [1.54, 1.807) is 17.3 Å². The monoisotopic (exact) mass is 421 g/mol. The third kappa shape index (κ3) is 6.34. The van der Waals surface area contributed by atoms with E-state index in [-0.39, 0.29) is 5.91 Å². The molecule has 2 aromatic carbocycles. The maximum Gasteiger partial charge on any atom is 0.240 e. The first-order valence-electron chi connectivity index (χ1n) is 10.8. The van der Waals surface area contributed by atoms with Gasteiger partial charge in [-0.3, -0.25) is 9.78 Å². The fourth-order valence-electron chi connectivity index (χ4n) is 3.68. The summed E-state index contributed by atoms with van der Waals surface area (Å²) in [5.74, 6) is -0.130. The summed E-state index contributed by atoms with van der Waals surface area (Å²) < 4.78 is 11.4. The molecule has 2 N–H and O–H groups in total. The molecule has 0 fully saturated rings. The number of carbonyl (C=O) groups is 1. The van der Waals surface area contributed by atoms with Gasteiger partial charge in [0.15, 0.2) is 6.29 Å². The van der Waals surface area contributed by atoms with Gasteiger partial charge in [0.2, 0.25) is 5.91 Å². The molecule has 1 amide bonds. The zero-order valence-electron chi connectivity index (χ0n) is 18.2. The molecule has 0 spiro atoms. The van der Waals surface area contributed by atoms with Crippen molar-refractivity contribution in [2.45, 2.75) is 39.1 Å². The summed E-state index contributed by atoms with van der Waals surface area (Å²) in [5, 5.41) is 2.26. The lowest BCUT2D eigenvalue weighted by Crippen LogP contribution is -2.48. The minimum absolute atomic E-state index is 0.130. The van der Waals surface area contributed by atoms with Crippen molar-refractivity contribution in [3.05, 3.63) is 78.1 Å². The third-order valence-electron chi connectivity index (χ3n) is 5.15. The van der Waals surface area contributed by atoms with Crippen LogP contribution >= 0.6 is 0 Å². The van der Waals surface area contributed by atoms with Crippen LogP contribution in [0.1, 0.15) is 25.0 Å². The van der Waals surface area contributed by atoms with Crippen LogP contribution in [-0.4, -0.2) is 47.9 Å². The molecule has 1 aromatic heterocycles. The van der Waals surface area contributed by atoms with Gasteiger partial charge in [0, 0.05) is 32.2 Å². The molecule has 0 aliphatic carbocycles. The molecule has 6 heteroatoms. The Balaban J connectivity index is 1.79. The second-order valence-corrected chi connectivity index (χ2v) is 7.36. The molecule has 6 nitrogen and oxygen atoms in total. The molecule has 164 valence electrons. The van der Waals surface area contributed by atoms with Crippen LogP contribution in [0.2, 0.25) is 0 Å². The number of hydrogen-bond acceptors (Lipinski definition) is 5. The summed E-state index contributed by atoms with van der Waals surface area (Å²) in [6.45, 7) is 5.56. The van der Waals surface area contributed by atoms with Crippen molar-refractivity contribution in [3.63, 3.8) is 0 Å². The molecule has 0 saturated heterocycles. The molecule has 3 rings (SSSR count). The van der Waals surface area contributed by atoms with Gasteiger partial charge in [-0.2, -0.15) is 0 Å². The van der Waals surface area contributed by atoms with Crippen molar-refractivity contribution in [2.75, 3.05) is 19.8 Å². The Morgan fingerprint density at radius 3 is 2.39 bits per heavy atom. The number of rotatable bonds is 11. The first-order chi connectivity index (χ1) is 15.1. The predicted octanol–water partition coefficient (Wildman–Crippen LogP) is 3.53. The van der Waals surface area contributed by atoms with Crippen molar-refractivity contribution in [1.82, 2.24) is 9.88 Å². The van der Waals surface area contributed by atoms with E-state index in [4.69, 9.17) is 15.2 Å². The molecule has 0 unspecified atom stereocenters. The first kappa shape index (κ1) is 22.9. The molecule has 1 atom stereocenters. The average molecular weight is 422 g/mol. The van der Waals surface area contributed by atoms with Crippen LogP contribution in [0.4, 0.5) is 0 Å². The minimum Gasteiger partial charge on any atom is -0.351 e. The minimum atomic E-state index is -0.670. The molecule has 0 radical (unpaired) electrons. The number of aromatic nitrogens is 1. The van der Waals surface area contributed by atoms with Gasteiger partial charge in [0.25, 0.3) is 0 Å². The van der Waals surface area contributed by atoms with E-state index in [1.165, 1.54) is 0 Å². The SMILES string of the molecule is CCOC(CN(Cc1ccncc1)C(=O)[C@@H](N)Cc1cccc2ccccc12)OCC. The quantitative estimate of drug-likeness (QED) is 0.479. The molecule has 31 heavy (non-hydrogen) atoms. The summed E-state index contributed by atoms with van der Waals surface area (Å²) in [5.41, 5.74) is 8.48. The van der Waals surface area contributed by atoms with Crippen LogP contribution in [0.25, 0.3) is 10.8 Å². The standard InChI is InChI=1S/C25H31N3O3/c1-3-30-24(31-4-2)18-28(17-19-12-14-27-15-13-19)25(29)23(26)16-21-10-7-9-20-8-5-6-11-22(20)21/h5-15,23-24H,3-4,16-18,26H2,1-2H3/t23-/m0/s1. The predicted molar refractivity (Wildman–Crippen MR) is 122 cm³/mol. The van der Waals surface area contributed by atoms with E-state index >= 15 is 0 Å². The zero-order chi connectivity index (χ0) is 22.1. The summed E-state index contributed by atoms with van der Waals surface area (Å²) >= 11 is 0. The van der Waals surface area contributed by atoms with E-state index < -0.39 is 12.3 Å². The maximum atomic E-state index is 13.4. The van der Waals surface area contributed by atoms with Crippen molar-refractivity contribution in [2.24, 2.45) is 5.73 Å². The van der Waals surface area contributed by atoms with Gasteiger partial charge in [0.05, 0.1) is 12.6 Å². The molecule has 1 heterocycles. The van der Waals surface area contributed by atoms with Crippen LogP contribution in [0, 0.1) is 0 Å². The van der Waals surface area contributed by atoms with Crippen molar-refractivity contribution >= 4 is 16.7 Å². The highest BCUT2D eigenvalue weighted by Crippen LogP contribution is 2.20. The Labute approximate surface area is 184 Å². The van der Waals surface area contributed by atoms with E-state index in [2.05, 4.69) is 23.2 Å². The molecule has 0 aliphatic heterocycles. The lowest BCUT2D eigenvalue weighted by Gasteiger charge is -2.29. The van der Waals surface area contributed by atoms with Crippen molar-refractivity contribution in [1.29, 1.82) is 0 Å². The summed E-state index contributed by atoms with van der Waals surface area (Å²) in [4.78, 5) is 19.2.